The number of halogens is 1. The van der Waals surface area contributed by atoms with Gasteiger partial charge in [-0.25, -0.2) is 4.39 Å². The highest BCUT2D eigenvalue weighted by atomic mass is 19.1. The number of amides is 3. The van der Waals surface area contributed by atoms with Crippen molar-refractivity contribution in [2.45, 2.75) is 32.6 Å². The van der Waals surface area contributed by atoms with E-state index in [0.717, 1.165) is 18.5 Å². The first-order valence-corrected chi connectivity index (χ1v) is 9.07. The van der Waals surface area contributed by atoms with E-state index in [0.29, 0.717) is 25.9 Å². The Labute approximate surface area is 152 Å². The number of carbonyl (C=O) groups is 3. The molecule has 1 aromatic rings. The van der Waals surface area contributed by atoms with Crippen LogP contribution >= 0.6 is 0 Å². The zero-order valence-corrected chi connectivity index (χ0v) is 15.0. The SMILES string of the molecule is Cc1ccc(N2C[C@@H](C(=O)NCCCN3CCCC3=O)CC2=O)c(F)c1. The highest BCUT2D eigenvalue weighted by Gasteiger charge is 2.36. The Bertz CT molecular complexity index is 722. The van der Waals surface area contributed by atoms with Crippen LogP contribution in [0, 0.1) is 18.7 Å². The first-order chi connectivity index (χ1) is 12.5. The van der Waals surface area contributed by atoms with Crippen molar-refractivity contribution in [3.05, 3.63) is 29.6 Å². The maximum absolute atomic E-state index is 14.1. The normalized spacial score (nSPS) is 20.2. The van der Waals surface area contributed by atoms with Gasteiger partial charge in [0.25, 0.3) is 0 Å². The number of aryl methyl sites for hydroxylation is 1. The van der Waals surface area contributed by atoms with Crippen molar-refractivity contribution in [2.75, 3.05) is 31.1 Å². The molecule has 0 saturated carbocycles. The Kier molecular flexibility index (Phi) is 5.54. The molecule has 2 saturated heterocycles. The molecule has 0 aliphatic carbocycles. The fraction of sp³-hybridized carbons (Fsp3) is 0.526. The molecule has 26 heavy (non-hydrogen) atoms. The highest BCUT2D eigenvalue weighted by molar-refractivity contribution is 6.00. The van der Waals surface area contributed by atoms with Crippen molar-refractivity contribution in [3.8, 4) is 0 Å². The number of hydrogen-bond acceptors (Lipinski definition) is 3. The van der Waals surface area contributed by atoms with Crippen molar-refractivity contribution in [1.29, 1.82) is 0 Å². The molecule has 0 unspecified atom stereocenters. The summed E-state index contributed by atoms with van der Waals surface area (Å²) in [6.45, 7) is 3.87. The van der Waals surface area contributed by atoms with Crippen LogP contribution in [0.5, 0.6) is 0 Å². The number of nitrogens with zero attached hydrogens (tertiary/aromatic N) is 2. The summed E-state index contributed by atoms with van der Waals surface area (Å²) in [6.07, 6.45) is 2.29. The summed E-state index contributed by atoms with van der Waals surface area (Å²) < 4.78 is 14.1. The van der Waals surface area contributed by atoms with E-state index in [2.05, 4.69) is 5.32 Å². The first kappa shape index (κ1) is 18.4. The Morgan fingerprint density at radius 2 is 2.12 bits per heavy atom. The summed E-state index contributed by atoms with van der Waals surface area (Å²) in [5, 5.41) is 2.83. The van der Waals surface area contributed by atoms with E-state index in [1.807, 2.05) is 4.90 Å². The van der Waals surface area contributed by atoms with Crippen LogP contribution in [0.3, 0.4) is 0 Å². The average molecular weight is 361 g/mol. The Morgan fingerprint density at radius 1 is 1.31 bits per heavy atom. The van der Waals surface area contributed by atoms with Gasteiger partial charge in [0.1, 0.15) is 5.82 Å². The van der Waals surface area contributed by atoms with Crippen molar-refractivity contribution >= 4 is 23.4 Å². The summed E-state index contributed by atoms with van der Waals surface area (Å²) in [5.74, 6) is -1.18. The molecule has 2 aliphatic rings. The van der Waals surface area contributed by atoms with Crippen molar-refractivity contribution in [3.63, 3.8) is 0 Å². The van der Waals surface area contributed by atoms with Crippen LogP contribution in [0.25, 0.3) is 0 Å². The summed E-state index contributed by atoms with van der Waals surface area (Å²) in [6, 6.07) is 4.71. The lowest BCUT2D eigenvalue weighted by atomic mass is 10.1. The second-order valence-corrected chi connectivity index (χ2v) is 6.99. The molecule has 3 rings (SSSR count). The molecular weight excluding hydrogens is 337 g/mol. The standard InChI is InChI=1S/C19H24FN3O3/c1-13-5-6-16(15(20)10-13)23-12-14(11-18(23)25)19(26)21-7-3-9-22-8-2-4-17(22)24/h5-6,10,14H,2-4,7-9,11-12H2,1H3,(H,21,26)/t14-/m0/s1. The lowest BCUT2D eigenvalue weighted by Gasteiger charge is -2.18. The smallest absolute Gasteiger partial charge is 0.227 e. The van der Waals surface area contributed by atoms with Gasteiger partial charge in [-0.3, -0.25) is 14.4 Å². The fourth-order valence-electron chi connectivity index (χ4n) is 3.51. The van der Waals surface area contributed by atoms with E-state index in [1.54, 1.807) is 19.1 Å². The van der Waals surface area contributed by atoms with Crippen molar-refractivity contribution in [2.24, 2.45) is 5.92 Å². The molecule has 3 amide bonds. The number of likely N-dealkylation sites (tertiary alicyclic amines) is 1. The number of anilines is 1. The van der Waals surface area contributed by atoms with Gasteiger partial charge >= 0.3 is 0 Å². The average Bonchev–Trinajstić information content (AvgIpc) is 3.17. The van der Waals surface area contributed by atoms with E-state index < -0.39 is 11.7 Å². The molecule has 2 fully saturated rings. The molecule has 0 aromatic heterocycles. The zero-order valence-electron chi connectivity index (χ0n) is 15.0. The Hall–Kier alpha value is -2.44. The van der Waals surface area contributed by atoms with Crippen LogP contribution in [-0.4, -0.2) is 48.8 Å². The number of nitrogens with one attached hydrogen (secondary N) is 1. The quantitative estimate of drug-likeness (QED) is 0.783. The summed E-state index contributed by atoms with van der Waals surface area (Å²) in [7, 11) is 0. The highest BCUT2D eigenvalue weighted by Crippen LogP contribution is 2.28. The molecule has 7 heteroatoms. The first-order valence-electron chi connectivity index (χ1n) is 9.07. The van der Waals surface area contributed by atoms with Gasteiger partial charge in [0, 0.05) is 39.0 Å². The lowest BCUT2D eigenvalue weighted by Crippen LogP contribution is -2.35. The van der Waals surface area contributed by atoms with Gasteiger partial charge in [0.05, 0.1) is 11.6 Å². The molecule has 1 aromatic carbocycles. The van der Waals surface area contributed by atoms with Crippen LogP contribution in [-0.2, 0) is 14.4 Å². The van der Waals surface area contributed by atoms with Gasteiger partial charge in [-0.2, -0.15) is 0 Å². The third-order valence-electron chi connectivity index (χ3n) is 4.97. The minimum Gasteiger partial charge on any atom is -0.356 e. The van der Waals surface area contributed by atoms with Crippen LogP contribution in [0.15, 0.2) is 18.2 Å². The minimum atomic E-state index is -0.475. The largest absolute Gasteiger partial charge is 0.356 e. The van der Waals surface area contributed by atoms with E-state index >= 15 is 0 Å². The maximum atomic E-state index is 14.1. The zero-order chi connectivity index (χ0) is 18.7. The van der Waals surface area contributed by atoms with Gasteiger partial charge in [-0.05, 0) is 37.5 Å². The number of benzene rings is 1. The van der Waals surface area contributed by atoms with Gasteiger partial charge in [0.15, 0.2) is 0 Å². The maximum Gasteiger partial charge on any atom is 0.227 e. The molecule has 0 spiro atoms. The molecule has 1 N–H and O–H groups in total. The van der Waals surface area contributed by atoms with Crippen LogP contribution in [0.4, 0.5) is 10.1 Å². The topological polar surface area (TPSA) is 69.7 Å². The molecule has 0 radical (unpaired) electrons. The summed E-state index contributed by atoms with van der Waals surface area (Å²) >= 11 is 0. The number of hydrogen-bond donors (Lipinski definition) is 1. The van der Waals surface area contributed by atoms with E-state index in [-0.39, 0.29) is 36.4 Å². The third-order valence-corrected chi connectivity index (χ3v) is 4.97. The van der Waals surface area contributed by atoms with E-state index in [4.69, 9.17) is 0 Å². The molecule has 2 aliphatic heterocycles. The fourth-order valence-corrected chi connectivity index (χ4v) is 3.51. The molecule has 140 valence electrons. The van der Waals surface area contributed by atoms with E-state index in [9.17, 15) is 18.8 Å². The molecule has 0 bridgehead atoms. The minimum absolute atomic E-state index is 0.0871. The van der Waals surface area contributed by atoms with E-state index in [1.165, 1.54) is 11.0 Å². The second-order valence-electron chi connectivity index (χ2n) is 6.99. The molecule has 6 nitrogen and oxygen atoms in total. The monoisotopic (exact) mass is 361 g/mol. The van der Waals surface area contributed by atoms with Crippen LogP contribution in [0.1, 0.15) is 31.2 Å². The van der Waals surface area contributed by atoms with Gasteiger partial charge in [0.2, 0.25) is 17.7 Å². The predicted molar refractivity (Wildman–Crippen MR) is 95.0 cm³/mol. The van der Waals surface area contributed by atoms with Crippen molar-refractivity contribution < 1.29 is 18.8 Å². The Morgan fingerprint density at radius 3 is 2.81 bits per heavy atom. The van der Waals surface area contributed by atoms with Crippen LogP contribution < -0.4 is 10.2 Å². The van der Waals surface area contributed by atoms with Gasteiger partial charge < -0.3 is 15.1 Å². The number of rotatable bonds is 6. The third kappa shape index (κ3) is 4.03. The molecule has 1 atom stereocenters. The summed E-state index contributed by atoms with van der Waals surface area (Å²) in [5.41, 5.74) is 1.01. The Balaban J connectivity index is 1.48. The van der Waals surface area contributed by atoms with Crippen molar-refractivity contribution in [1.82, 2.24) is 10.2 Å². The number of carbonyl (C=O) groups excluding carboxylic acids is 3. The lowest BCUT2D eigenvalue weighted by molar-refractivity contribution is -0.127. The van der Waals surface area contributed by atoms with Crippen LogP contribution in [0.2, 0.25) is 0 Å². The predicted octanol–water partition coefficient (Wildman–Crippen LogP) is 1.62. The molecular formula is C19H24FN3O3. The van der Waals surface area contributed by atoms with Gasteiger partial charge in [-0.1, -0.05) is 6.07 Å². The van der Waals surface area contributed by atoms with Gasteiger partial charge in [-0.15, -0.1) is 0 Å². The molecule has 2 heterocycles. The second kappa shape index (κ2) is 7.85. The summed E-state index contributed by atoms with van der Waals surface area (Å²) in [4.78, 5) is 39.2.